The lowest BCUT2D eigenvalue weighted by molar-refractivity contribution is -0.123. The zero-order valence-electron chi connectivity index (χ0n) is 23.8. The highest BCUT2D eigenvalue weighted by Crippen LogP contribution is 2.15. The van der Waals surface area contributed by atoms with Gasteiger partial charge >= 0.3 is 0 Å². The van der Waals surface area contributed by atoms with Gasteiger partial charge < -0.3 is 15.5 Å². The fourth-order valence-corrected chi connectivity index (χ4v) is 4.89. The minimum atomic E-state index is -0.649. The third-order valence-corrected chi connectivity index (χ3v) is 7.37. The van der Waals surface area contributed by atoms with E-state index in [-0.39, 0.29) is 12.5 Å². The molecule has 0 radical (unpaired) electrons. The van der Waals surface area contributed by atoms with Crippen molar-refractivity contribution in [3.63, 3.8) is 0 Å². The summed E-state index contributed by atoms with van der Waals surface area (Å²) in [6.45, 7) is 4.33. The lowest BCUT2D eigenvalue weighted by atomic mass is 10.0. The fourth-order valence-electron chi connectivity index (χ4n) is 4.89. The SMILES string of the molecule is CCCCCCCCCCCCCCC(O)C(CO)NC(=O)CCCCCCCCCCCCC. The van der Waals surface area contributed by atoms with Gasteiger partial charge in [-0.15, -0.1) is 0 Å². The van der Waals surface area contributed by atoms with Gasteiger partial charge in [0.25, 0.3) is 0 Å². The van der Waals surface area contributed by atoms with Crippen molar-refractivity contribution >= 4 is 5.91 Å². The zero-order valence-corrected chi connectivity index (χ0v) is 23.8. The number of carbonyl (C=O) groups excluding carboxylic acids is 1. The van der Waals surface area contributed by atoms with E-state index < -0.39 is 12.1 Å². The number of hydrogen-bond donors (Lipinski definition) is 3. The first-order chi connectivity index (χ1) is 17.2. The van der Waals surface area contributed by atoms with Crippen LogP contribution in [0.25, 0.3) is 0 Å². The first kappa shape index (κ1) is 34.4. The van der Waals surface area contributed by atoms with Gasteiger partial charge in [-0.3, -0.25) is 4.79 Å². The molecule has 0 saturated carbocycles. The third-order valence-electron chi connectivity index (χ3n) is 7.37. The van der Waals surface area contributed by atoms with Crippen molar-refractivity contribution in [2.75, 3.05) is 6.61 Å². The van der Waals surface area contributed by atoms with Crippen LogP contribution in [0.1, 0.15) is 174 Å². The number of hydrogen-bond acceptors (Lipinski definition) is 3. The molecule has 1 amide bonds. The number of unbranched alkanes of at least 4 members (excludes halogenated alkanes) is 21. The highest BCUT2D eigenvalue weighted by Gasteiger charge is 2.19. The molecule has 4 nitrogen and oxygen atoms in total. The van der Waals surface area contributed by atoms with Crippen molar-refractivity contribution in [2.24, 2.45) is 0 Å². The van der Waals surface area contributed by atoms with Gasteiger partial charge in [-0.05, 0) is 12.8 Å². The summed E-state index contributed by atoms with van der Waals surface area (Å²) in [6.07, 6.45) is 30.0. The van der Waals surface area contributed by atoms with Crippen LogP contribution in [0.2, 0.25) is 0 Å². The maximum atomic E-state index is 12.2. The summed E-state index contributed by atoms with van der Waals surface area (Å²) in [5.74, 6) is -0.0336. The second-order valence-corrected chi connectivity index (χ2v) is 10.9. The Morgan fingerprint density at radius 2 is 0.914 bits per heavy atom. The van der Waals surface area contributed by atoms with E-state index in [9.17, 15) is 15.0 Å². The summed E-state index contributed by atoms with van der Waals surface area (Å²) in [5.41, 5.74) is 0. The van der Waals surface area contributed by atoms with Crippen LogP contribution in [0.4, 0.5) is 0 Å². The first-order valence-corrected chi connectivity index (χ1v) is 15.7. The van der Waals surface area contributed by atoms with Gasteiger partial charge in [-0.2, -0.15) is 0 Å². The van der Waals surface area contributed by atoms with Crippen LogP contribution in [0, 0.1) is 0 Å². The number of carbonyl (C=O) groups is 1. The average molecular weight is 498 g/mol. The number of aliphatic hydroxyl groups excluding tert-OH is 2. The van der Waals surface area contributed by atoms with Gasteiger partial charge in [0.2, 0.25) is 5.91 Å². The van der Waals surface area contributed by atoms with Crippen LogP contribution in [0.15, 0.2) is 0 Å². The maximum Gasteiger partial charge on any atom is 0.220 e. The quantitative estimate of drug-likeness (QED) is 0.0947. The van der Waals surface area contributed by atoms with Crippen LogP contribution in [0.5, 0.6) is 0 Å². The largest absolute Gasteiger partial charge is 0.394 e. The molecule has 0 saturated heterocycles. The molecule has 0 fully saturated rings. The molecule has 0 aliphatic rings. The number of amides is 1. The van der Waals surface area contributed by atoms with E-state index in [4.69, 9.17) is 0 Å². The van der Waals surface area contributed by atoms with E-state index in [0.29, 0.717) is 12.8 Å². The molecule has 0 aromatic carbocycles. The Kier molecular flexibility index (Phi) is 27.5. The van der Waals surface area contributed by atoms with Gasteiger partial charge in [0, 0.05) is 6.42 Å². The van der Waals surface area contributed by atoms with Crippen molar-refractivity contribution in [1.29, 1.82) is 0 Å². The molecule has 210 valence electrons. The Morgan fingerprint density at radius 3 is 1.29 bits per heavy atom. The molecule has 0 aliphatic carbocycles. The van der Waals surface area contributed by atoms with Gasteiger partial charge in [-0.1, -0.05) is 155 Å². The lowest BCUT2D eigenvalue weighted by Crippen LogP contribution is -2.45. The molecule has 0 aromatic rings. The molecule has 2 unspecified atom stereocenters. The Labute approximate surface area is 219 Å². The molecular formula is C31H63NO3. The molecule has 0 heterocycles. The standard InChI is InChI=1S/C31H63NO3/c1-3-5-7-9-11-13-15-17-18-20-22-24-26-30(34)29(28-33)32-31(35)27-25-23-21-19-16-14-12-10-8-6-4-2/h29-30,33-34H,3-28H2,1-2H3,(H,32,35). The van der Waals surface area contributed by atoms with E-state index in [1.807, 2.05) is 0 Å². The summed E-state index contributed by atoms with van der Waals surface area (Å²) in [7, 11) is 0. The highest BCUT2D eigenvalue weighted by atomic mass is 16.3. The topological polar surface area (TPSA) is 69.6 Å². The van der Waals surface area contributed by atoms with E-state index in [0.717, 1.165) is 25.7 Å². The predicted molar refractivity (Wildman–Crippen MR) is 152 cm³/mol. The molecule has 0 spiro atoms. The minimum absolute atomic E-state index is 0.0336. The van der Waals surface area contributed by atoms with Crippen molar-refractivity contribution in [3.8, 4) is 0 Å². The molecule has 0 aromatic heterocycles. The van der Waals surface area contributed by atoms with E-state index in [1.54, 1.807) is 0 Å². The third kappa shape index (κ3) is 24.8. The van der Waals surface area contributed by atoms with Gasteiger partial charge in [0.15, 0.2) is 0 Å². The van der Waals surface area contributed by atoms with Crippen LogP contribution in [-0.2, 0) is 4.79 Å². The minimum Gasteiger partial charge on any atom is -0.394 e. The molecule has 2 atom stereocenters. The maximum absolute atomic E-state index is 12.2. The van der Waals surface area contributed by atoms with Crippen molar-refractivity contribution in [2.45, 2.75) is 187 Å². The second kappa shape index (κ2) is 28.0. The Hall–Kier alpha value is -0.610. The molecule has 0 bridgehead atoms. The molecule has 4 heteroatoms. The molecule has 0 rings (SSSR count). The Bertz CT molecular complexity index is 429. The van der Waals surface area contributed by atoms with E-state index in [2.05, 4.69) is 19.2 Å². The van der Waals surface area contributed by atoms with Crippen molar-refractivity contribution in [3.05, 3.63) is 0 Å². The van der Waals surface area contributed by atoms with Crippen LogP contribution >= 0.6 is 0 Å². The predicted octanol–water partition coefficient (Wildman–Crippen LogP) is 8.62. The van der Waals surface area contributed by atoms with Gasteiger partial charge in [-0.25, -0.2) is 0 Å². The van der Waals surface area contributed by atoms with Crippen LogP contribution in [0.3, 0.4) is 0 Å². The molecule has 0 aliphatic heterocycles. The van der Waals surface area contributed by atoms with E-state index in [1.165, 1.54) is 122 Å². The smallest absolute Gasteiger partial charge is 0.220 e. The molecule has 35 heavy (non-hydrogen) atoms. The monoisotopic (exact) mass is 497 g/mol. The average Bonchev–Trinajstić information content (AvgIpc) is 2.86. The normalized spacial score (nSPS) is 13.1. The number of aliphatic hydroxyl groups is 2. The van der Waals surface area contributed by atoms with Gasteiger partial charge in [0.05, 0.1) is 18.8 Å². The summed E-state index contributed by atoms with van der Waals surface area (Å²) in [6, 6.07) is -0.525. The highest BCUT2D eigenvalue weighted by molar-refractivity contribution is 5.76. The van der Waals surface area contributed by atoms with E-state index >= 15 is 0 Å². The zero-order chi connectivity index (χ0) is 25.8. The summed E-state index contributed by atoms with van der Waals surface area (Å²) < 4.78 is 0. The number of rotatable bonds is 28. The summed E-state index contributed by atoms with van der Waals surface area (Å²) in [5, 5.41) is 22.9. The summed E-state index contributed by atoms with van der Waals surface area (Å²) in [4.78, 5) is 12.2. The van der Waals surface area contributed by atoms with Gasteiger partial charge in [0.1, 0.15) is 0 Å². The molecule has 3 N–H and O–H groups in total. The molecular weight excluding hydrogens is 434 g/mol. The second-order valence-electron chi connectivity index (χ2n) is 10.9. The van der Waals surface area contributed by atoms with Crippen LogP contribution in [-0.4, -0.2) is 34.9 Å². The Morgan fingerprint density at radius 1 is 0.571 bits per heavy atom. The summed E-state index contributed by atoms with van der Waals surface area (Å²) >= 11 is 0. The van der Waals surface area contributed by atoms with Crippen molar-refractivity contribution < 1.29 is 15.0 Å². The van der Waals surface area contributed by atoms with Crippen molar-refractivity contribution in [1.82, 2.24) is 5.32 Å². The van der Waals surface area contributed by atoms with Crippen LogP contribution < -0.4 is 5.32 Å². The fraction of sp³-hybridized carbons (Fsp3) is 0.968. The number of nitrogens with one attached hydrogen (secondary N) is 1. The first-order valence-electron chi connectivity index (χ1n) is 15.7. The Balaban J connectivity index is 3.58. The lowest BCUT2D eigenvalue weighted by Gasteiger charge is -2.22.